The monoisotopic (exact) mass is 534 g/mol. The zero-order valence-corrected chi connectivity index (χ0v) is 22.3. The van der Waals surface area contributed by atoms with Gasteiger partial charge in [0.15, 0.2) is 11.5 Å². The van der Waals surface area contributed by atoms with E-state index in [0.29, 0.717) is 28.7 Å². The van der Waals surface area contributed by atoms with Crippen molar-refractivity contribution in [3.63, 3.8) is 0 Å². The molecule has 0 amide bonds. The molecule has 4 aromatic heterocycles. The number of piperidine rings is 1. The highest BCUT2D eigenvalue weighted by atomic mass is 16.5. The molecule has 1 aliphatic heterocycles. The smallest absolute Gasteiger partial charge is 0.278 e. The van der Waals surface area contributed by atoms with Gasteiger partial charge in [-0.1, -0.05) is 30.3 Å². The molecule has 10 heteroatoms. The quantitative estimate of drug-likeness (QED) is 0.292. The van der Waals surface area contributed by atoms with Gasteiger partial charge >= 0.3 is 0 Å². The first-order valence-electron chi connectivity index (χ1n) is 13.3. The minimum atomic E-state index is -0.219. The lowest BCUT2D eigenvalue weighted by atomic mass is 10.1. The van der Waals surface area contributed by atoms with Gasteiger partial charge in [-0.3, -0.25) is 9.78 Å². The SMILES string of the molecule is C=CCn1c(=O)c2cnc(Nc3cccc(-c4cccnc4)c3)nc2n1-c1cccc(OC2CCN(C)CC2)n1. The molecule has 0 bridgehead atoms. The standard InChI is InChI=1S/C30H30N8O2/c1-3-15-37-29(39)25-20-32-30(33-23-9-4-7-21(18-23)22-8-6-14-31-19-22)35-28(25)38(37)26-10-5-11-27(34-26)40-24-12-16-36(2)17-13-24/h3-11,14,18-20,24H,1,12-13,15-17H2,2H3,(H,32,33,35). The number of aromatic nitrogens is 6. The third kappa shape index (κ3) is 5.21. The van der Waals surface area contributed by atoms with Crippen LogP contribution in [-0.4, -0.2) is 60.4 Å². The second-order valence-electron chi connectivity index (χ2n) is 9.82. The van der Waals surface area contributed by atoms with E-state index in [9.17, 15) is 4.79 Å². The molecule has 0 aliphatic carbocycles. The van der Waals surface area contributed by atoms with Crippen molar-refractivity contribution in [2.45, 2.75) is 25.5 Å². The van der Waals surface area contributed by atoms with Crippen LogP contribution in [0.4, 0.5) is 11.6 Å². The Morgan fingerprint density at radius 1 is 1.05 bits per heavy atom. The molecule has 1 N–H and O–H groups in total. The van der Waals surface area contributed by atoms with Crippen LogP contribution in [0.1, 0.15) is 12.8 Å². The third-order valence-corrected chi connectivity index (χ3v) is 6.97. The fourth-order valence-electron chi connectivity index (χ4n) is 4.91. The van der Waals surface area contributed by atoms with Crippen LogP contribution < -0.4 is 15.6 Å². The van der Waals surface area contributed by atoms with Gasteiger partial charge in [-0.2, -0.15) is 9.97 Å². The van der Waals surface area contributed by atoms with Crippen LogP contribution in [0.5, 0.6) is 5.88 Å². The molecule has 0 saturated carbocycles. The zero-order chi connectivity index (χ0) is 27.5. The molecule has 5 aromatic rings. The highest BCUT2D eigenvalue weighted by molar-refractivity contribution is 5.77. The fraction of sp³-hybridized carbons (Fsp3) is 0.233. The number of ether oxygens (including phenoxy) is 1. The summed E-state index contributed by atoms with van der Waals surface area (Å²) in [6.45, 7) is 6.10. The van der Waals surface area contributed by atoms with Crippen LogP contribution in [0, 0.1) is 0 Å². The van der Waals surface area contributed by atoms with Crippen LogP contribution in [0.25, 0.3) is 28.0 Å². The fourth-order valence-corrected chi connectivity index (χ4v) is 4.91. The largest absolute Gasteiger partial charge is 0.474 e. The molecule has 1 aromatic carbocycles. The van der Waals surface area contributed by atoms with Crippen LogP contribution in [0.2, 0.25) is 0 Å². The topological polar surface area (TPSA) is 103 Å². The number of anilines is 2. The lowest BCUT2D eigenvalue weighted by molar-refractivity contribution is 0.110. The molecule has 0 radical (unpaired) electrons. The number of hydrogen-bond donors (Lipinski definition) is 1. The highest BCUT2D eigenvalue weighted by Crippen LogP contribution is 2.25. The predicted octanol–water partition coefficient (Wildman–Crippen LogP) is 4.44. The summed E-state index contributed by atoms with van der Waals surface area (Å²) in [7, 11) is 2.12. The summed E-state index contributed by atoms with van der Waals surface area (Å²) < 4.78 is 9.49. The molecule has 202 valence electrons. The Balaban J connectivity index is 1.36. The molecule has 6 rings (SSSR count). The molecule has 10 nitrogen and oxygen atoms in total. The first-order valence-corrected chi connectivity index (χ1v) is 13.3. The van der Waals surface area contributed by atoms with E-state index in [-0.39, 0.29) is 18.2 Å². The summed E-state index contributed by atoms with van der Waals surface area (Å²) in [6.07, 6.45) is 8.79. The van der Waals surface area contributed by atoms with E-state index in [1.807, 2.05) is 60.8 Å². The maximum Gasteiger partial charge on any atom is 0.278 e. The first kappa shape index (κ1) is 25.4. The normalized spacial score (nSPS) is 14.3. The van der Waals surface area contributed by atoms with Gasteiger partial charge < -0.3 is 15.0 Å². The van der Waals surface area contributed by atoms with Crippen molar-refractivity contribution in [2.75, 3.05) is 25.5 Å². The third-order valence-electron chi connectivity index (χ3n) is 6.97. The second-order valence-corrected chi connectivity index (χ2v) is 9.82. The van der Waals surface area contributed by atoms with Gasteiger partial charge in [-0.05, 0) is 49.7 Å². The molecule has 0 atom stereocenters. The molecule has 40 heavy (non-hydrogen) atoms. The Kier molecular flexibility index (Phi) is 7.07. The van der Waals surface area contributed by atoms with Gasteiger partial charge in [0.05, 0.1) is 6.54 Å². The Labute approximate surface area is 231 Å². The summed E-state index contributed by atoms with van der Waals surface area (Å²) in [5, 5.41) is 3.67. The van der Waals surface area contributed by atoms with Crippen molar-refractivity contribution in [1.82, 2.24) is 34.2 Å². The second kappa shape index (κ2) is 11.1. The van der Waals surface area contributed by atoms with Gasteiger partial charge in [0.25, 0.3) is 5.56 Å². The number of fused-ring (bicyclic) bond motifs is 1. The van der Waals surface area contributed by atoms with Gasteiger partial charge in [0.2, 0.25) is 11.8 Å². The van der Waals surface area contributed by atoms with Gasteiger partial charge in [0.1, 0.15) is 11.5 Å². The van der Waals surface area contributed by atoms with Crippen molar-refractivity contribution in [3.05, 3.63) is 96.2 Å². The van der Waals surface area contributed by atoms with E-state index < -0.39 is 0 Å². The van der Waals surface area contributed by atoms with Crippen LogP contribution in [0.3, 0.4) is 0 Å². The number of nitrogens with one attached hydrogen (secondary N) is 1. The minimum absolute atomic E-state index is 0.108. The predicted molar refractivity (Wildman–Crippen MR) is 155 cm³/mol. The van der Waals surface area contributed by atoms with Crippen molar-refractivity contribution in [3.8, 4) is 22.8 Å². The maximum absolute atomic E-state index is 13.3. The molecule has 1 saturated heterocycles. The number of pyridine rings is 2. The van der Waals surface area contributed by atoms with Gasteiger partial charge in [-0.15, -0.1) is 6.58 Å². The van der Waals surface area contributed by atoms with Crippen LogP contribution in [-0.2, 0) is 6.54 Å². The molecule has 1 aliphatic rings. The average Bonchev–Trinajstić information content (AvgIpc) is 3.25. The Hall–Kier alpha value is -4.83. The number of nitrogens with zero attached hydrogens (tertiary/aromatic N) is 7. The summed E-state index contributed by atoms with van der Waals surface area (Å²) in [4.78, 5) is 33.8. The molecular formula is C30H30N8O2. The zero-order valence-electron chi connectivity index (χ0n) is 22.3. The highest BCUT2D eigenvalue weighted by Gasteiger charge is 2.21. The van der Waals surface area contributed by atoms with Crippen LogP contribution >= 0.6 is 0 Å². The lowest BCUT2D eigenvalue weighted by Crippen LogP contribution is -2.35. The molecule has 0 spiro atoms. The minimum Gasteiger partial charge on any atom is -0.474 e. The van der Waals surface area contributed by atoms with Gasteiger partial charge in [-0.25, -0.2) is 14.3 Å². The van der Waals surface area contributed by atoms with Gasteiger partial charge in [0, 0.05) is 49.0 Å². The Morgan fingerprint density at radius 2 is 1.88 bits per heavy atom. The van der Waals surface area contributed by atoms with Crippen molar-refractivity contribution >= 4 is 22.7 Å². The molecule has 5 heterocycles. The van der Waals surface area contributed by atoms with Crippen molar-refractivity contribution in [1.29, 1.82) is 0 Å². The first-order chi connectivity index (χ1) is 19.6. The van der Waals surface area contributed by atoms with Crippen LogP contribution in [0.15, 0.2) is 90.6 Å². The number of allylic oxidation sites excluding steroid dienone is 1. The van der Waals surface area contributed by atoms with E-state index in [0.717, 1.165) is 42.7 Å². The summed E-state index contributed by atoms with van der Waals surface area (Å²) in [6, 6.07) is 17.4. The van der Waals surface area contributed by atoms with E-state index in [1.165, 1.54) is 0 Å². The van der Waals surface area contributed by atoms with E-state index in [2.05, 4.69) is 33.8 Å². The van der Waals surface area contributed by atoms with E-state index in [1.54, 1.807) is 27.8 Å². The summed E-state index contributed by atoms with van der Waals surface area (Å²) >= 11 is 0. The molecular weight excluding hydrogens is 504 g/mol. The number of hydrogen-bond acceptors (Lipinski definition) is 8. The molecule has 1 fully saturated rings. The summed E-state index contributed by atoms with van der Waals surface area (Å²) in [5.41, 5.74) is 3.05. The Bertz CT molecular complexity index is 1700. The number of likely N-dealkylation sites (tertiary alicyclic amines) is 1. The lowest BCUT2D eigenvalue weighted by Gasteiger charge is -2.29. The van der Waals surface area contributed by atoms with E-state index >= 15 is 0 Å². The molecule has 0 unspecified atom stereocenters. The average molecular weight is 535 g/mol. The number of rotatable bonds is 8. The maximum atomic E-state index is 13.3. The van der Waals surface area contributed by atoms with Crippen molar-refractivity contribution < 1.29 is 4.74 Å². The number of benzene rings is 1. The Morgan fingerprint density at radius 3 is 2.67 bits per heavy atom. The van der Waals surface area contributed by atoms with E-state index in [4.69, 9.17) is 14.7 Å². The van der Waals surface area contributed by atoms with Crippen molar-refractivity contribution in [2.24, 2.45) is 0 Å². The summed E-state index contributed by atoms with van der Waals surface area (Å²) in [5.74, 6) is 1.41.